The van der Waals surface area contributed by atoms with Gasteiger partial charge in [-0.15, -0.1) is 0 Å². The van der Waals surface area contributed by atoms with Crippen LogP contribution >= 0.6 is 0 Å². The number of ether oxygens (including phenoxy) is 1. The summed E-state index contributed by atoms with van der Waals surface area (Å²) in [4.78, 5) is 25.9. The van der Waals surface area contributed by atoms with Crippen LogP contribution in [0.4, 0.5) is 4.79 Å². The number of ketones is 1. The van der Waals surface area contributed by atoms with Crippen LogP contribution < -0.4 is 0 Å². The monoisotopic (exact) mass is 355 g/mol. The van der Waals surface area contributed by atoms with Gasteiger partial charge in [0.25, 0.3) is 0 Å². The van der Waals surface area contributed by atoms with E-state index in [-0.39, 0.29) is 22.5 Å². The number of carbonyl (C=O) groups excluding carboxylic acids is 2. The first kappa shape index (κ1) is 16.6. The van der Waals surface area contributed by atoms with E-state index < -0.39 is 0 Å². The number of nitrogens with zero attached hydrogens (tertiary/aromatic N) is 1. The molecule has 0 aromatic carbocycles. The average Bonchev–Trinajstić information content (AvgIpc) is 3.05. The van der Waals surface area contributed by atoms with Crippen molar-refractivity contribution < 1.29 is 14.3 Å². The van der Waals surface area contributed by atoms with Crippen molar-refractivity contribution >= 4 is 11.9 Å². The molecule has 0 aromatic heterocycles. The second-order valence-corrected chi connectivity index (χ2v) is 9.76. The molecule has 0 aromatic rings. The number of hydrogen-bond acceptors (Lipinski definition) is 3. The van der Waals surface area contributed by atoms with E-state index in [4.69, 9.17) is 4.74 Å². The molecule has 0 bridgehead atoms. The summed E-state index contributed by atoms with van der Waals surface area (Å²) in [6, 6.07) is 0. The molecule has 0 N–H and O–H groups in total. The van der Waals surface area contributed by atoms with Crippen LogP contribution in [0.15, 0.2) is 23.3 Å². The molecule has 0 radical (unpaired) electrons. The summed E-state index contributed by atoms with van der Waals surface area (Å²) >= 11 is 0. The van der Waals surface area contributed by atoms with Gasteiger partial charge in [0.2, 0.25) is 0 Å². The maximum Gasteiger partial charge on any atom is 0.410 e. The van der Waals surface area contributed by atoms with Crippen molar-refractivity contribution in [3.05, 3.63) is 23.3 Å². The summed E-state index contributed by atoms with van der Waals surface area (Å²) in [6.07, 6.45) is 11.2. The zero-order valence-corrected chi connectivity index (χ0v) is 16.1. The Labute approximate surface area is 155 Å². The highest BCUT2D eigenvalue weighted by Crippen LogP contribution is 2.66. The minimum atomic E-state index is -0.320. The van der Waals surface area contributed by atoms with Gasteiger partial charge in [-0.1, -0.05) is 37.1 Å². The molecule has 1 amide bonds. The highest BCUT2D eigenvalue weighted by Gasteiger charge is 2.66. The fraction of sp³-hybridized carbons (Fsp3) is 0.727. The molecular weight excluding hydrogens is 326 g/mol. The lowest BCUT2D eigenvalue weighted by Gasteiger charge is -2.54. The van der Waals surface area contributed by atoms with E-state index in [2.05, 4.69) is 26.0 Å². The van der Waals surface area contributed by atoms with Gasteiger partial charge < -0.3 is 9.64 Å². The Hall–Kier alpha value is -1.58. The summed E-state index contributed by atoms with van der Waals surface area (Å²) in [7, 11) is 1.85. The normalized spacial score (nSPS) is 47.1. The predicted octanol–water partition coefficient (Wildman–Crippen LogP) is 4.26. The summed E-state index contributed by atoms with van der Waals surface area (Å²) in [5.41, 5.74) is 2.73. The molecule has 26 heavy (non-hydrogen) atoms. The molecule has 1 aliphatic heterocycles. The third kappa shape index (κ3) is 1.86. The minimum Gasteiger partial charge on any atom is -0.440 e. The Morgan fingerprint density at radius 3 is 2.73 bits per heavy atom. The van der Waals surface area contributed by atoms with Gasteiger partial charge in [0.15, 0.2) is 0 Å². The summed E-state index contributed by atoms with van der Waals surface area (Å²) in [6.45, 7) is 5.44. The van der Waals surface area contributed by atoms with Gasteiger partial charge in [-0.3, -0.25) is 4.79 Å². The molecule has 3 fully saturated rings. The first-order valence-corrected chi connectivity index (χ1v) is 10.1. The highest BCUT2D eigenvalue weighted by atomic mass is 16.6. The van der Waals surface area contributed by atoms with Gasteiger partial charge in [0.1, 0.15) is 11.4 Å². The first-order valence-electron chi connectivity index (χ1n) is 10.1. The molecule has 4 nitrogen and oxygen atoms in total. The van der Waals surface area contributed by atoms with Crippen LogP contribution in [0.3, 0.4) is 0 Å². The standard InChI is InChI=1S/C22H29NO3/c1-20-9-6-15(24)12-14(20)4-5-16-17(20)7-10-21(2)18(16)8-11-22(21)13-23(3)19(25)26-22/h4,7,16,18H,5-6,8-13H2,1-3H3/t16?,18?,20-,21-,22+/m0/s1. The van der Waals surface area contributed by atoms with Crippen LogP contribution in [0, 0.1) is 22.7 Å². The topological polar surface area (TPSA) is 46.6 Å². The SMILES string of the molecule is CN1C[C@@]2(CCC3C4CC=C5CC(=O)CC[C@]5(C)C4=CC[C@@]32C)OC1=O. The fourth-order valence-electron chi connectivity index (χ4n) is 7.02. The molecule has 5 rings (SSSR count). The van der Waals surface area contributed by atoms with Crippen LogP contribution in [-0.4, -0.2) is 36.0 Å². The molecule has 1 spiro atoms. The number of carbonyl (C=O) groups is 2. The smallest absolute Gasteiger partial charge is 0.410 e. The molecule has 5 aliphatic rings. The molecule has 1 heterocycles. The van der Waals surface area contributed by atoms with Crippen molar-refractivity contribution in [3.63, 3.8) is 0 Å². The van der Waals surface area contributed by atoms with Crippen LogP contribution in [0.2, 0.25) is 0 Å². The number of rotatable bonds is 0. The van der Waals surface area contributed by atoms with Crippen LogP contribution in [-0.2, 0) is 9.53 Å². The Morgan fingerprint density at radius 2 is 2.00 bits per heavy atom. The predicted molar refractivity (Wildman–Crippen MR) is 98.5 cm³/mol. The fourth-order valence-corrected chi connectivity index (χ4v) is 7.02. The van der Waals surface area contributed by atoms with E-state index in [1.807, 2.05) is 7.05 Å². The summed E-state index contributed by atoms with van der Waals surface area (Å²) < 4.78 is 6.02. The zero-order valence-electron chi connectivity index (χ0n) is 16.1. The van der Waals surface area contributed by atoms with Crippen molar-refractivity contribution in [2.75, 3.05) is 13.6 Å². The van der Waals surface area contributed by atoms with E-state index in [1.165, 1.54) is 5.57 Å². The van der Waals surface area contributed by atoms with Crippen molar-refractivity contribution in [1.82, 2.24) is 4.90 Å². The van der Waals surface area contributed by atoms with Gasteiger partial charge in [0.05, 0.1) is 6.54 Å². The highest BCUT2D eigenvalue weighted by molar-refractivity contribution is 5.83. The Kier molecular flexibility index (Phi) is 3.20. The first-order chi connectivity index (χ1) is 12.3. The number of Topliss-reactive ketones (excluding diaryl/α,β-unsaturated/α-hetero) is 1. The third-order valence-corrected chi connectivity index (χ3v) is 8.69. The van der Waals surface area contributed by atoms with Crippen molar-refractivity contribution in [2.45, 2.75) is 64.4 Å². The second kappa shape index (κ2) is 5.02. The lowest BCUT2D eigenvalue weighted by atomic mass is 9.51. The van der Waals surface area contributed by atoms with Crippen molar-refractivity contribution in [1.29, 1.82) is 0 Å². The maximum absolute atomic E-state index is 12.2. The van der Waals surface area contributed by atoms with Gasteiger partial charge >= 0.3 is 6.09 Å². The number of allylic oxidation sites excluding steroid dienone is 4. The van der Waals surface area contributed by atoms with E-state index in [1.54, 1.807) is 10.5 Å². The second-order valence-electron chi connectivity index (χ2n) is 9.76. The van der Waals surface area contributed by atoms with E-state index in [0.29, 0.717) is 30.5 Å². The lowest BCUT2D eigenvalue weighted by molar-refractivity contribution is -0.120. The minimum absolute atomic E-state index is 0.0216. The molecule has 4 heteroatoms. The molecule has 1 saturated heterocycles. The summed E-state index contributed by atoms with van der Waals surface area (Å²) in [5.74, 6) is 1.50. The van der Waals surface area contributed by atoms with E-state index in [0.717, 1.165) is 38.6 Å². The van der Waals surface area contributed by atoms with Gasteiger partial charge in [-0.2, -0.15) is 0 Å². The van der Waals surface area contributed by atoms with Crippen LogP contribution in [0.25, 0.3) is 0 Å². The molecule has 2 saturated carbocycles. The number of likely N-dealkylation sites (N-methyl/N-ethyl adjacent to an activating group) is 1. The van der Waals surface area contributed by atoms with Crippen LogP contribution in [0.5, 0.6) is 0 Å². The van der Waals surface area contributed by atoms with Crippen LogP contribution in [0.1, 0.15) is 58.8 Å². The molecular formula is C22H29NO3. The molecule has 140 valence electrons. The van der Waals surface area contributed by atoms with E-state index in [9.17, 15) is 9.59 Å². The third-order valence-electron chi connectivity index (χ3n) is 8.69. The largest absolute Gasteiger partial charge is 0.440 e. The number of hydrogen-bond donors (Lipinski definition) is 0. The number of amides is 1. The maximum atomic E-state index is 12.2. The quantitative estimate of drug-likeness (QED) is 0.610. The Morgan fingerprint density at radius 1 is 1.19 bits per heavy atom. The van der Waals surface area contributed by atoms with Gasteiger partial charge in [0, 0.05) is 30.7 Å². The van der Waals surface area contributed by atoms with E-state index >= 15 is 0 Å². The average molecular weight is 355 g/mol. The lowest BCUT2D eigenvalue weighted by Crippen LogP contribution is -2.52. The van der Waals surface area contributed by atoms with Crippen molar-refractivity contribution in [2.24, 2.45) is 22.7 Å². The van der Waals surface area contributed by atoms with Crippen molar-refractivity contribution in [3.8, 4) is 0 Å². The Bertz CT molecular complexity index is 767. The molecule has 4 aliphatic carbocycles. The molecule has 2 unspecified atom stereocenters. The van der Waals surface area contributed by atoms with Gasteiger partial charge in [-0.25, -0.2) is 4.79 Å². The molecule has 5 atom stereocenters. The number of fused-ring (bicyclic) bond motifs is 6. The Balaban J connectivity index is 1.53. The van der Waals surface area contributed by atoms with Gasteiger partial charge in [-0.05, 0) is 43.9 Å². The summed E-state index contributed by atoms with van der Waals surface area (Å²) in [5, 5.41) is 0. The zero-order chi connectivity index (χ0) is 18.3.